The number of para-hydroxylation sites is 1. The number of ketones is 1. The fourth-order valence-corrected chi connectivity index (χ4v) is 3.61. The molecule has 0 aromatic heterocycles. The Balaban J connectivity index is 1.53. The monoisotopic (exact) mass is 367 g/mol. The van der Waals surface area contributed by atoms with Crippen LogP contribution in [0.15, 0.2) is 42.5 Å². The summed E-state index contributed by atoms with van der Waals surface area (Å²) in [6, 6.07) is 13.7. The molecule has 2 aromatic rings. The third kappa shape index (κ3) is 3.78. The predicted molar refractivity (Wildman–Crippen MR) is 104 cm³/mol. The van der Waals surface area contributed by atoms with E-state index in [1.165, 1.54) is 0 Å². The summed E-state index contributed by atoms with van der Waals surface area (Å²) in [5.41, 5.74) is 2.10. The van der Waals surface area contributed by atoms with E-state index in [1.807, 2.05) is 56.3 Å². The number of carbonyl (C=O) groups is 1. The second-order valence-electron chi connectivity index (χ2n) is 7.49. The molecule has 1 atom stereocenters. The van der Waals surface area contributed by atoms with Gasteiger partial charge in [0.05, 0.1) is 25.2 Å². The van der Waals surface area contributed by atoms with Crippen molar-refractivity contribution in [2.45, 2.75) is 25.9 Å². The van der Waals surface area contributed by atoms with Gasteiger partial charge in [-0.25, -0.2) is 0 Å². The van der Waals surface area contributed by atoms with Crippen LogP contribution in [0.1, 0.15) is 29.3 Å². The summed E-state index contributed by atoms with van der Waals surface area (Å²) >= 11 is 0. The quantitative estimate of drug-likeness (QED) is 0.826. The Morgan fingerprint density at radius 1 is 1.15 bits per heavy atom. The van der Waals surface area contributed by atoms with Crippen LogP contribution in [-0.2, 0) is 4.74 Å². The van der Waals surface area contributed by atoms with Gasteiger partial charge in [0.2, 0.25) is 0 Å². The number of anilines is 1. The molecule has 2 aliphatic rings. The van der Waals surface area contributed by atoms with E-state index < -0.39 is 5.60 Å². The van der Waals surface area contributed by atoms with Gasteiger partial charge in [-0.1, -0.05) is 18.2 Å². The van der Waals surface area contributed by atoms with E-state index in [0.29, 0.717) is 24.3 Å². The Morgan fingerprint density at radius 2 is 1.93 bits per heavy atom. The van der Waals surface area contributed by atoms with E-state index >= 15 is 0 Å². The first-order valence-corrected chi connectivity index (χ1v) is 9.41. The maximum atomic E-state index is 12.7. The topological polar surface area (TPSA) is 48.0 Å². The number of hydrogen-bond acceptors (Lipinski definition) is 5. The molecule has 0 spiro atoms. The third-order valence-corrected chi connectivity index (χ3v) is 5.16. The minimum absolute atomic E-state index is 0.0978. The summed E-state index contributed by atoms with van der Waals surface area (Å²) in [6.45, 7) is 7.41. The molecule has 0 amide bonds. The van der Waals surface area contributed by atoms with E-state index in [0.717, 1.165) is 43.3 Å². The maximum absolute atomic E-state index is 12.7. The first-order valence-electron chi connectivity index (χ1n) is 9.41. The normalized spacial score (nSPS) is 22.1. The summed E-state index contributed by atoms with van der Waals surface area (Å²) in [4.78, 5) is 15.0. The van der Waals surface area contributed by atoms with Gasteiger partial charge in [-0.15, -0.1) is 0 Å². The Morgan fingerprint density at radius 3 is 2.70 bits per heavy atom. The van der Waals surface area contributed by atoms with Gasteiger partial charge in [0.25, 0.3) is 0 Å². The molecule has 27 heavy (non-hydrogen) atoms. The van der Waals surface area contributed by atoms with Gasteiger partial charge < -0.3 is 19.1 Å². The molecule has 142 valence electrons. The first-order chi connectivity index (χ1) is 13.0. The number of rotatable bonds is 4. The average Bonchev–Trinajstić information content (AvgIpc) is 2.67. The lowest BCUT2D eigenvalue weighted by atomic mass is 9.92. The number of carbonyl (C=O) groups excluding carboxylic acids is 1. The highest BCUT2D eigenvalue weighted by Crippen LogP contribution is 2.36. The number of nitrogens with zero attached hydrogens (tertiary/aromatic N) is 1. The zero-order valence-electron chi connectivity index (χ0n) is 15.9. The van der Waals surface area contributed by atoms with Crippen LogP contribution in [0.25, 0.3) is 0 Å². The number of benzene rings is 2. The fraction of sp³-hybridized carbons (Fsp3) is 0.409. The van der Waals surface area contributed by atoms with Crippen LogP contribution >= 0.6 is 0 Å². The van der Waals surface area contributed by atoms with Gasteiger partial charge in [-0.3, -0.25) is 4.79 Å². The lowest BCUT2D eigenvalue weighted by Gasteiger charge is -2.36. The van der Waals surface area contributed by atoms with Crippen molar-refractivity contribution in [2.24, 2.45) is 0 Å². The fourth-order valence-electron chi connectivity index (χ4n) is 3.61. The largest absolute Gasteiger partial charge is 0.489 e. The number of ether oxygens (including phenoxy) is 3. The van der Waals surface area contributed by atoms with Crippen molar-refractivity contribution < 1.29 is 19.0 Å². The smallest absolute Gasteiger partial charge is 0.170 e. The second-order valence-corrected chi connectivity index (χ2v) is 7.49. The zero-order valence-corrected chi connectivity index (χ0v) is 15.9. The molecule has 0 N–H and O–H groups in total. The SMILES string of the molecule is Cc1ccccc1OCC1(C)CC(=O)c2ccc(N3CCOCC3)cc2O1. The molecule has 2 aliphatic heterocycles. The summed E-state index contributed by atoms with van der Waals surface area (Å²) in [5, 5.41) is 0. The lowest BCUT2D eigenvalue weighted by Crippen LogP contribution is -2.44. The van der Waals surface area contributed by atoms with Crippen LogP contribution < -0.4 is 14.4 Å². The van der Waals surface area contributed by atoms with Crippen molar-refractivity contribution in [3.05, 3.63) is 53.6 Å². The van der Waals surface area contributed by atoms with Gasteiger partial charge in [-0.2, -0.15) is 0 Å². The molecule has 5 nitrogen and oxygen atoms in total. The van der Waals surface area contributed by atoms with Crippen LogP contribution in [0.5, 0.6) is 11.5 Å². The number of fused-ring (bicyclic) bond motifs is 1. The Labute approximate surface area is 159 Å². The maximum Gasteiger partial charge on any atom is 0.170 e. The van der Waals surface area contributed by atoms with Gasteiger partial charge >= 0.3 is 0 Å². The van der Waals surface area contributed by atoms with Crippen molar-refractivity contribution in [3.8, 4) is 11.5 Å². The van der Waals surface area contributed by atoms with E-state index in [4.69, 9.17) is 14.2 Å². The molecule has 1 saturated heterocycles. The summed E-state index contributed by atoms with van der Waals surface area (Å²) in [7, 11) is 0. The Bertz CT molecular complexity index is 844. The molecule has 1 fully saturated rings. The van der Waals surface area contributed by atoms with Crippen molar-refractivity contribution in [2.75, 3.05) is 37.8 Å². The van der Waals surface area contributed by atoms with Crippen LogP contribution in [-0.4, -0.2) is 44.3 Å². The molecule has 2 aromatic carbocycles. The van der Waals surface area contributed by atoms with Gasteiger partial charge in [0.15, 0.2) is 5.78 Å². The van der Waals surface area contributed by atoms with Crippen molar-refractivity contribution in [1.82, 2.24) is 0 Å². The van der Waals surface area contributed by atoms with Crippen molar-refractivity contribution in [1.29, 1.82) is 0 Å². The number of aryl methyl sites for hydroxylation is 1. The molecule has 0 radical (unpaired) electrons. The van der Waals surface area contributed by atoms with Gasteiger partial charge in [0.1, 0.15) is 23.7 Å². The number of hydrogen-bond donors (Lipinski definition) is 0. The zero-order chi connectivity index (χ0) is 18.9. The molecule has 0 aliphatic carbocycles. The lowest BCUT2D eigenvalue weighted by molar-refractivity contribution is 0.0188. The molecule has 5 heteroatoms. The molecule has 0 saturated carbocycles. The summed E-state index contributed by atoms with van der Waals surface area (Å²) < 4.78 is 17.7. The number of Topliss-reactive ketones (excluding diaryl/α,β-unsaturated/α-hetero) is 1. The summed E-state index contributed by atoms with van der Waals surface area (Å²) in [5.74, 6) is 1.56. The Hall–Kier alpha value is -2.53. The highest BCUT2D eigenvalue weighted by Gasteiger charge is 2.37. The molecular formula is C22H25NO4. The standard InChI is InChI=1S/C22H25NO4/c1-16-5-3-4-6-20(16)26-15-22(2)14-19(24)18-8-7-17(13-21(18)27-22)23-9-11-25-12-10-23/h3-8,13H,9-12,14-15H2,1-2H3. The predicted octanol–water partition coefficient (Wildman–Crippen LogP) is 3.63. The van der Waals surface area contributed by atoms with E-state index in [1.54, 1.807) is 0 Å². The Kier molecular flexibility index (Phi) is 4.79. The number of morpholine rings is 1. The molecule has 2 heterocycles. The van der Waals surface area contributed by atoms with Crippen LogP contribution in [0.4, 0.5) is 5.69 Å². The molecule has 0 bridgehead atoms. The highest BCUT2D eigenvalue weighted by atomic mass is 16.5. The van der Waals surface area contributed by atoms with E-state index in [2.05, 4.69) is 4.90 Å². The minimum Gasteiger partial charge on any atom is -0.489 e. The van der Waals surface area contributed by atoms with Crippen molar-refractivity contribution in [3.63, 3.8) is 0 Å². The van der Waals surface area contributed by atoms with Crippen molar-refractivity contribution >= 4 is 11.5 Å². The second kappa shape index (κ2) is 7.24. The third-order valence-electron chi connectivity index (χ3n) is 5.16. The first kappa shape index (κ1) is 17.9. The van der Waals surface area contributed by atoms with Gasteiger partial charge in [-0.05, 0) is 37.6 Å². The van der Waals surface area contributed by atoms with E-state index in [-0.39, 0.29) is 5.78 Å². The minimum atomic E-state index is -0.685. The van der Waals surface area contributed by atoms with Crippen LogP contribution in [0.2, 0.25) is 0 Å². The van der Waals surface area contributed by atoms with Gasteiger partial charge in [0, 0.05) is 24.8 Å². The van der Waals surface area contributed by atoms with Crippen LogP contribution in [0, 0.1) is 6.92 Å². The molecule has 4 rings (SSSR count). The average molecular weight is 367 g/mol. The van der Waals surface area contributed by atoms with E-state index in [9.17, 15) is 4.79 Å². The van der Waals surface area contributed by atoms with Crippen LogP contribution in [0.3, 0.4) is 0 Å². The highest BCUT2D eigenvalue weighted by molar-refractivity contribution is 6.00. The molecular weight excluding hydrogens is 342 g/mol. The summed E-state index contributed by atoms with van der Waals surface area (Å²) in [6.07, 6.45) is 0.308. The molecule has 1 unspecified atom stereocenters.